The van der Waals surface area contributed by atoms with E-state index in [0.29, 0.717) is 5.69 Å². The van der Waals surface area contributed by atoms with E-state index in [1.165, 1.54) is 14.2 Å². The number of hydrogen-bond acceptors (Lipinski definition) is 4. The summed E-state index contributed by atoms with van der Waals surface area (Å²) in [5, 5.41) is 1.12. The molecule has 0 aromatic carbocycles. The van der Waals surface area contributed by atoms with Crippen LogP contribution >= 0.6 is 11.6 Å². The highest BCUT2D eigenvalue weighted by atomic mass is 35.5. The molecule has 0 bridgehead atoms. The van der Waals surface area contributed by atoms with Gasteiger partial charge in [-0.25, -0.2) is 15.0 Å². The number of carbonyl (C=O) groups excluding carboxylic acids is 1. The van der Waals surface area contributed by atoms with E-state index in [-0.39, 0.29) is 16.9 Å². The third-order valence-electron chi connectivity index (χ3n) is 1.61. The van der Waals surface area contributed by atoms with Gasteiger partial charge in [-0.3, -0.25) is 9.63 Å². The van der Waals surface area contributed by atoms with Crippen LogP contribution in [0.4, 0.5) is 0 Å². The molecular weight excluding hydrogens is 206 g/mol. The highest BCUT2D eigenvalue weighted by molar-refractivity contribution is 6.28. The lowest BCUT2D eigenvalue weighted by Crippen LogP contribution is -2.26. The first-order valence-electron chi connectivity index (χ1n) is 3.88. The molecule has 6 heteroatoms. The summed E-state index contributed by atoms with van der Waals surface area (Å²) in [4.78, 5) is 23.9. The minimum atomic E-state index is -0.361. The van der Waals surface area contributed by atoms with Crippen LogP contribution in [0.25, 0.3) is 0 Å². The molecule has 0 radical (unpaired) electrons. The molecule has 1 rings (SSSR count). The van der Waals surface area contributed by atoms with Gasteiger partial charge in [0.15, 0.2) is 0 Å². The lowest BCUT2D eigenvalue weighted by atomic mass is 10.3. The fourth-order valence-corrected chi connectivity index (χ4v) is 1.11. The van der Waals surface area contributed by atoms with Crippen molar-refractivity contribution in [1.82, 2.24) is 15.0 Å². The van der Waals surface area contributed by atoms with E-state index in [0.717, 1.165) is 5.06 Å². The molecule has 14 heavy (non-hydrogen) atoms. The molecule has 0 aliphatic rings. The molecule has 0 spiro atoms. The van der Waals surface area contributed by atoms with E-state index in [1.807, 2.05) is 0 Å². The van der Waals surface area contributed by atoms with Gasteiger partial charge in [-0.2, -0.15) is 0 Å². The van der Waals surface area contributed by atoms with Gasteiger partial charge in [-0.1, -0.05) is 0 Å². The monoisotopic (exact) mass is 215 g/mol. The molecule has 0 unspecified atom stereocenters. The van der Waals surface area contributed by atoms with Crippen molar-refractivity contribution in [3.05, 3.63) is 22.7 Å². The molecule has 0 saturated carbocycles. The van der Waals surface area contributed by atoms with Crippen molar-refractivity contribution >= 4 is 17.5 Å². The Morgan fingerprint density at radius 3 is 2.71 bits per heavy atom. The summed E-state index contributed by atoms with van der Waals surface area (Å²) in [6, 6.07) is 1.55. The maximum Gasteiger partial charge on any atom is 0.295 e. The molecule has 1 aromatic heterocycles. The van der Waals surface area contributed by atoms with E-state index in [2.05, 4.69) is 9.97 Å². The number of rotatable bonds is 2. The Kier molecular flexibility index (Phi) is 3.38. The van der Waals surface area contributed by atoms with Gasteiger partial charge in [0.1, 0.15) is 5.69 Å². The first-order valence-corrected chi connectivity index (χ1v) is 4.25. The van der Waals surface area contributed by atoms with Gasteiger partial charge in [-0.05, 0) is 24.6 Å². The SMILES string of the molecule is CON(C)C(=O)c1cc(C)nc(Cl)n1. The molecule has 5 nitrogen and oxygen atoms in total. The van der Waals surface area contributed by atoms with Gasteiger partial charge in [-0.15, -0.1) is 0 Å². The van der Waals surface area contributed by atoms with Crippen LogP contribution in [0.5, 0.6) is 0 Å². The van der Waals surface area contributed by atoms with E-state index in [1.54, 1.807) is 13.0 Å². The van der Waals surface area contributed by atoms with Crippen molar-refractivity contribution in [2.45, 2.75) is 6.92 Å². The number of hydrogen-bond donors (Lipinski definition) is 0. The van der Waals surface area contributed by atoms with Gasteiger partial charge in [0, 0.05) is 12.7 Å². The average molecular weight is 216 g/mol. The maximum atomic E-state index is 11.5. The number of aromatic nitrogens is 2. The molecule has 1 aromatic rings. The molecule has 1 heterocycles. The van der Waals surface area contributed by atoms with E-state index < -0.39 is 0 Å². The number of carbonyl (C=O) groups is 1. The summed E-state index contributed by atoms with van der Waals surface area (Å²) < 4.78 is 0. The lowest BCUT2D eigenvalue weighted by Gasteiger charge is -2.12. The fourth-order valence-electron chi connectivity index (χ4n) is 0.886. The van der Waals surface area contributed by atoms with Crippen LogP contribution in [-0.2, 0) is 4.84 Å². The van der Waals surface area contributed by atoms with Gasteiger partial charge < -0.3 is 0 Å². The van der Waals surface area contributed by atoms with Crippen molar-refractivity contribution in [1.29, 1.82) is 0 Å². The first-order chi connectivity index (χ1) is 6.54. The van der Waals surface area contributed by atoms with Crippen LogP contribution in [0, 0.1) is 6.92 Å². The summed E-state index contributed by atoms with van der Waals surface area (Å²) in [6.45, 7) is 1.73. The van der Waals surface area contributed by atoms with Gasteiger partial charge in [0.25, 0.3) is 5.91 Å². The third kappa shape index (κ3) is 2.40. The average Bonchev–Trinajstić information content (AvgIpc) is 2.14. The van der Waals surface area contributed by atoms with Crippen LogP contribution in [-0.4, -0.2) is 35.1 Å². The van der Waals surface area contributed by atoms with Crippen LogP contribution in [0.15, 0.2) is 6.07 Å². The van der Waals surface area contributed by atoms with Crippen LogP contribution in [0.1, 0.15) is 16.2 Å². The van der Waals surface area contributed by atoms with Crippen LogP contribution < -0.4 is 0 Å². The van der Waals surface area contributed by atoms with Crippen LogP contribution in [0.2, 0.25) is 5.28 Å². The normalized spacial score (nSPS) is 10.0. The predicted octanol–water partition coefficient (Wildman–Crippen LogP) is 1.07. The Labute approximate surface area is 86.6 Å². The Hall–Kier alpha value is -1.20. The van der Waals surface area contributed by atoms with Crippen molar-refractivity contribution in [2.75, 3.05) is 14.2 Å². The molecule has 1 amide bonds. The molecule has 0 fully saturated rings. The number of amides is 1. The van der Waals surface area contributed by atoms with E-state index in [4.69, 9.17) is 16.4 Å². The summed E-state index contributed by atoms with van der Waals surface area (Å²) >= 11 is 5.61. The van der Waals surface area contributed by atoms with E-state index in [9.17, 15) is 4.79 Å². The fraction of sp³-hybridized carbons (Fsp3) is 0.375. The second kappa shape index (κ2) is 4.34. The second-order valence-corrected chi connectivity index (χ2v) is 2.99. The molecule has 76 valence electrons. The molecule has 0 saturated heterocycles. The zero-order chi connectivity index (χ0) is 10.7. The zero-order valence-electron chi connectivity index (χ0n) is 8.11. The summed E-state index contributed by atoms with van der Waals surface area (Å²) in [7, 11) is 2.89. The largest absolute Gasteiger partial charge is 0.295 e. The summed E-state index contributed by atoms with van der Waals surface area (Å²) in [6.07, 6.45) is 0. The van der Waals surface area contributed by atoms with Gasteiger partial charge in [0.2, 0.25) is 5.28 Å². The summed E-state index contributed by atoms with van der Waals surface area (Å²) in [5.41, 5.74) is 0.852. The highest BCUT2D eigenvalue weighted by Gasteiger charge is 2.14. The molecule has 0 N–H and O–H groups in total. The summed E-state index contributed by atoms with van der Waals surface area (Å²) in [5.74, 6) is -0.361. The third-order valence-corrected chi connectivity index (χ3v) is 1.77. The predicted molar refractivity (Wildman–Crippen MR) is 50.9 cm³/mol. The first kappa shape index (κ1) is 10.9. The van der Waals surface area contributed by atoms with Gasteiger partial charge >= 0.3 is 0 Å². The zero-order valence-corrected chi connectivity index (χ0v) is 8.87. The number of halogens is 1. The minimum absolute atomic E-state index is 0.0536. The van der Waals surface area contributed by atoms with Gasteiger partial charge in [0.05, 0.1) is 7.11 Å². The molecule has 0 atom stereocenters. The number of hydroxylamine groups is 2. The molecule has 0 aliphatic carbocycles. The Morgan fingerprint density at radius 1 is 1.57 bits per heavy atom. The smallest absolute Gasteiger partial charge is 0.274 e. The quantitative estimate of drug-likeness (QED) is 0.547. The lowest BCUT2D eigenvalue weighted by molar-refractivity contribution is -0.0760. The number of nitrogens with zero attached hydrogens (tertiary/aromatic N) is 3. The second-order valence-electron chi connectivity index (χ2n) is 2.65. The van der Waals surface area contributed by atoms with Crippen molar-refractivity contribution < 1.29 is 9.63 Å². The maximum absolute atomic E-state index is 11.5. The van der Waals surface area contributed by atoms with E-state index >= 15 is 0 Å². The molecular formula is C8H10ClN3O2. The van der Waals surface area contributed by atoms with Crippen LogP contribution in [0.3, 0.4) is 0 Å². The Morgan fingerprint density at radius 2 is 2.21 bits per heavy atom. The van der Waals surface area contributed by atoms with Crippen molar-refractivity contribution in [2.24, 2.45) is 0 Å². The number of aryl methyl sites for hydroxylation is 1. The topological polar surface area (TPSA) is 55.3 Å². The standard InChI is InChI=1S/C8H10ClN3O2/c1-5-4-6(11-8(9)10-5)7(13)12(2)14-3/h4H,1-3H3. The Bertz CT molecular complexity index is 336. The minimum Gasteiger partial charge on any atom is -0.274 e. The molecule has 0 aliphatic heterocycles. The van der Waals surface area contributed by atoms with Crippen molar-refractivity contribution in [3.63, 3.8) is 0 Å². The van der Waals surface area contributed by atoms with Crippen molar-refractivity contribution in [3.8, 4) is 0 Å². The highest BCUT2D eigenvalue weighted by Crippen LogP contribution is 2.07. The Balaban J connectivity index is 3.01.